The van der Waals surface area contributed by atoms with Crippen molar-refractivity contribution in [1.82, 2.24) is 35.7 Å². The lowest BCUT2D eigenvalue weighted by Crippen LogP contribution is -2.37. The van der Waals surface area contributed by atoms with Gasteiger partial charge in [-0.2, -0.15) is 0 Å². The quantitative estimate of drug-likeness (QED) is 0.274. The summed E-state index contributed by atoms with van der Waals surface area (Å²) in [6, 6.07) is 12.5. The molecular formula is C25H25N7O3. The van der Waals surface area contributed by atoms with Gasteiger partial charge in [0.25, 0.3) is 0 Å². The Hall–Kier alpha value is -3.89. The van der Waals surface area contributed by atoms with Crippen molar-refractivity contribution in [3.8, 4) is 33.6 Å². The zero-order valence-corrected chi connectivity index (χ0v) is 19.2. The number of benzene rings is 2. The Morgan fingerprint density at radius 1 is 1.00 bits per heavy atom. The van der Waals surface area contributed by atoms with E-state index in [4.69, 9.17) is 9.47 Å². The second kappa shape index (κ2) is 9.40. The molecule has 10 nitrogen and oxygen atoms in total. The molecule has 0 radical (unpaired) electrons. The lowest BCUT2D eigenvalue weighted by molar-refractivity contribution is 0.0297. The number of nitrogens with one attached hydrogen (secondary N) is 2. The number of ether oxygens (including phenoxy) is 2. The van der Waals surface area contributed by atoms with Gasteiger partial charge in [-0.15, -0.1) is 10.2 Å². The molecule has 10 heteroatoms. The number of morpholine rings is 1. The Morgan fingerprint density at radius 3 is 2.54 bits per heavy atom. The van der Waals surface area contributed by atoms with Gasteiger partial charge in [0.05, 0.1) is 19.8 Å². The van der Waals surface area contributed by atoms with Crippen molar-refractivity contribution in [1.29, 1.82) is 0 Å². The summed E-state index contributed by atoms with van der Waals surface area (Å²) in [6.07, 6.45) is 3.36. The maximum Gasteiger partial charge on any atom is 0.358 e. The standard InChI is InChI=1S/C25H25N7O3/c33-25(35-9-1-6-32-7-10-34-11-8-32)24-23(28-31-29-24)17-3-5-21-19(13-17)14-18-12-16(2-4-20(18)21)22-15-26-30-27-22/h2-5,12-13,15H,1,6-11,14H2,(H,26,27,30)(H,28,29,31). The van der Waals surface area contributed by atoms with Crippen LogP contribution in [0.5, 0.6) is 0 Å². The molecular weight excluding hydrogens is 446 g/mol. The SMILES string of the molecule is O=C(OCCCN1CCOCC1)c1[nH]nnc1-c1ccc2c(c1)Cc1cc(-c3c[nH]nn3)ccc1-2. The molecule has 3 heterocycles. The minimum Gasteiger partial charge on any atom is -0.461 e. The second-order valence-electron chi connectivity index (χ2n) is 8.76. The van der Waals surface area contributed by atoms with Crippen molar-refractivity contribution >= 4 is 5.97 Å². The van der Waals surface area contributed by atoms with Crippen LogP contribution in [0.15, 0.2) is 42.6 Å². The number of hydrogen-bond donors (Lipinski definition) is 2. The largest absolute Gasteiger partial charge is 0.461 e. The van der Waals surface area contributed by atoms with Gasteiger partial charge in [-0.3, -0.25) is 15.1 Å². The molecule has 0 saturated carbocycles. The van der Waals surface area contributed by atoms with Crippen molar-refractivity contribution in [2.45, 2.75) is 12.8 Å². The maximum atomic E-state index is 12.7. The molecule has 1 fully saturated rings. The van der Waals surface area contributed by atoms with Crippen LogP contribution >= 0.6 is 0 Å². The molecule has 2 aromatic heterocycles. The Kier molecular flexibility index (Phi) is 5.81. The molecule has 178 valence electrons. The summed E-state index contributed by atoms with van der Waals surface area (Å²) in [5, 5.41) is 21.5. The first-order chi connectivity index (χ1) is 17.3. The zero-order valence-electron chi connectivity index (χ0n) is 19.2. The number of carbonyl (C=O) groups excluding carboxylic acids is 1. The first-order valence-electron chi connectivity index (χ1n) is 11.8. The molecule has 0 unspecified atom stereocenters. The third kappa shape index (κ3) is 4.33. The molecule has 0 atom stereocenters. The average Bonchev–Trinajstić information content (AvgIpc) is 3.66. The lowest BCUT2D eigenvalue weighted by atomic mass is 10.0. The van der Waals surface area contributed by atoms with E-state index in [9.17, 15) is 4.79 Å². The van der Waals surface area contributed by atoms with Crippen LogP contribution in [-0.2, 0) is 15.9 Å². The maximum absolute atomic E-state index is 12.7. The fourth-order valence-corrected chi connectivity index (χ4v) is 4.78. The lowest BCUT2D eigenvalue weighted by Gasteiger charge is -2.26. The topological polar surface area (TPSA) is 122 Å². The Labute approximate surface area is 201 Å². The molecule has 1 saturated heterocycles. The van der Waals surface area contributed by atoms with Crippen LogP contribution in [0.25, 0.3) is 33.6 Å². The van der Waals surface area contributed by atoms with Gasteiger partial charge >= 0.3 is 5.97 Å². The number of esters is 1. The number of hydrogen-bond acceptors (Lipinski definition) is 8. The highest BCUT2D eigenvalue weighted by molar-refractivity contribution is 5.94. The molecule has 0 amide bonds. The summed E-state index contributed by atoms with van der Waals surface area (Å²) in [5.74, 6) is -0.437. The van der Waals surface area contributed by atoms with Crippen LogP contribution in [0.4, 0.5) is 0 Å². The second-order valence-corrected chi connectivity index (χ2v) is 8.76. The van der Waals surface area contributed by atoms with Gasteiger partial charge in [0.2, 0.25) is 0 Å². The summed E-state index contributed by atoms with van der Waals surface area (Å²) in [4.78, 5) is 15.0. The van der Waals surface area contributed by atoms with Crippen LogP contribution < -0.4 is 0 Å². The first kappa shape index (κ1) is 21.6. The molecule has 2 aromatic carbocycles. The molecule has 2 aliphatic rings. The highest BCUT2D eigenvalue weighted by Gasteiger charge is 2.23. The first-order valence-corrected chi connectivity index (χ1v) is 11.8. The van der Waals surface area contributed by atoms with Gasteiger partial charge in [0.15, 0.2) is 5.69 Å². The highest BCUT2D eigenvalue weighted by atomic mass is 16.5. The van der Waals surface area contributed by atoms with Gasteiger partial charge in [0, 0.05) is 37.0 Å². The third-order valence-corrected chi connectivity index (χ3v) is 6.58. The summed E-state index contributed by atoms with van der Waals surface area (Å²) < 4.78 is 10.9. The Bertz CT molecular complexity index is 1340. The average molecular weight is 472 g/mol. The summed E-state index contributed by atoms with van der Waals surface area (Å²) in [5.41, 5.74) is 8.28. The van der Waals surface area contributed by atoms with Crippen molar-refractivity contribution < 1.29 is 14.3 Å². The van der Waals surface area contributed by atoms with Crippen LogP contribution in [0.2, 0.25) is 0 Å². The monoisotopic (exact) mass is 471 g/mol. The minimum atomic E-state index is -0.437. The van der Waals surface area contributed by atoms with E-state index >= 15 is 0 Å². The Morgan fingerprint density at radius 2 is 1.77 bits per heavy atom. The van der Waals surface area contributed by atoms with Crippen molar-refractivity contribution in [3.05, 3.63) is 59.4 Å². The van der Waals surface area contributed by atoms with Gasteiger partial charge in [-0.05, 0) is 47.2 Å². The van der Waals surface area contributed by atoms with E-state index in [0.29, 0.717) is 12.3 Å². The molecule has 1 aliphatic carbocycles. The molecule has 4 aromatic rings. The van der Waals surface area contributed by atoms with E-state index in [2.05, 4.69) is 66.1 Å². The van der Waals surface area contributed by atoms with Crippen molar-refractivity contribution in [2.24, 2.45) is 0 Å². The molecule has 35 heavy (non-hydrogen) atoms. The molecule has 0 bridgehead atoms. The number of rotatable bonds is 7. The van der Waals surface area contributed by atoms with Gasteiger partial charge in [-0.25, -0.2) is 4.79 Å². The smallest absolute Gasteiger partial charge is 0.358 e. The normalized spacial score (nSPS) is 15.1. The minimum absolute atomic E-state index is 0.278. The van der Waals surface area contributed by atoms with Gasteiger partial charge in [0.1, 0.15) is 11.4 Å². The predicted octanol–water partition coefficient (Wildman–Crippen LogP) is 2.71. The highest BCUT2D eigenvalue weighted by Crippen LogP contribution is 2.40. The predicted molar refractivity (Wildman–Crippen MR) is 128 cm³/mol. The Balaban J connectivity index is 1.14. The number of fused-ring (bicyclic) bond motifs is 3. The molecule has 6 rings (SSSR count). The van der Waals surface area contributed by atoms with Crippen LogP contribution in [-0.4, -0.2) is 81.1 Å². The third-order valence-electron chi connectivity index (χ3n) is 6.58. The van der Waals surface area contributed by atoms with E-state index in [1.807, 2.05) is 6.07 Å². The summed E-state index contributed by atoms with van der Waals surface area (Å²) in [6.45, 7) is 4.60. The fourth-order valence-electron chi connectivity index (χ4n) is 4.78. The van der Waals surface area contributed by atoms with E-state index in [1.165, 1.54) is 22.3 Å². The van der Waals surface area contributed by atoms with Crippen molar-refractivity contribution in [3.63, 3.8) is 0 Å². The number of nitrogens with zero attached hydrogens (tertiary/aromatic N) is 5. The number of carbonyl (C=O) groups is 1. The van der Waals surface area contributed by atoms with Crippen molar-refractivity contribution in [2.75, 3.05) is 39.5 Å². The van der Waals surface area contributed by atoms with Gasteiger partial charge in [-0.1, -0.05) is 34.7 Å². The van der Waals surface area contributed by atoms with E-state index in [-0.39, 0.29) is 5.69 Å². The van der Waals surface area contributed by atoms with Crippen LogP contribution in [0.3, 0.4) is 0 Å². The molecule has 2 N–H and O–H groups in total. The zero-order chi connectivity index (χ0) is 23.6. The van der Waals surface area contributed by atoms with E-state index in [1.54, 1.807) is 6.20 Å². The van der Waals surface area contributed by atoms with Gasteiger partial charge < -0.3 is 9.47 Å². The summed E-state index contributed by atoms with van der Waals surface area (Å²) in [7, 11) is 0. The van der Waals surface area contributed by atoms with E-state index in [0.717, 1.165) is 62.5 Å². The fraction of sp³-hybridized carbons (Fsp3) is 0.320. The molecule has 1 aliphatic heterocycles. The van der Waals surface area contributed by atoms with Crippen LogP contribution in [0, 0.1) is 0 Å². The molecule has 0 spiro atoms. The van der Waals surface area contributed by atoms with E-state index < -0.39 is 5.97 Å². The number of H-pyrrole nitrogens is 2. The number of aromatic amines is 2. The van der Waals surface area contributed by atoms with Crippen LogP contribution in [0.1, 0.15) is 28.0 Å². The number of aromatic nitrogens is 6. The summed E-state index contributed by atoms with van der Waals surface area (Å²) >= 11 is 0.